The van der Waals surface area contributed by atoms with Crippen molar-refractivity contribution in [1.82, 2.24) is 4.98 Å². The quantitative estimate of drug-likeness (QED) is 0.573. The fourth-order valence-corrected chi connectivity index (χ4v) is 4.24. The molecule has 1 aliphatic carbocycles. The molecule has 1 saturated carbocycles. The highest BCUT2D eigenvalue weighted by atomic mass is 32.2. The first-order chi connectivity index (χ1) is 14.7. The Kier molecular flexibility index (Phi) is 6.77. The number of sulfone groups is 1. The number of rotatable bonds is 6. The van der Waals surface area contributed by atoms with Gasteiger partial charge >= 0.3 is 5.97 Å². The van der Waals surface area contributed by atoms with Gasteiger partial charge in [0.05, 0.1) is 17.6 Å². The van der Waals surface area contributed by atoms with E-state index in [1.807, 2.05) is 6.07 Å². The summed E-state index contributed by atoms with van der Waals surface area (Å²) in [7, 11) is -2.21. The summed E-state index contributed by atoms with van der Waals surface area (Å²) in [5.41, 5.74) is 6.66. The van der Waals surface area contributed by atoms with Crippen molar-refractivity contribution in [2.75, 3.05) is 24.0 Å². The predicted octanol–water partition coefficient (Wildman–Crippen LogP) is 2.57. The lowest BCUT2D eigenvalue weighted by molar-refractivity contribution is 0.0601. The zero-order chi connectivity index (χ0) is 22.6. The minimum Gasteiger partial charge on any atom is -0.465 e. The number of carbonyl (C=O) groups is 1. The van der Waals surface area contributed by atoms with Gasteiger partial charge in [-0.25, -0.2) is 18.2 Å². The van der Waals surface area contributed by atoms with E-state index in [4.69, 9.17) is 10.5 Å². The minimum atomic E-state index is -3.43. The molecule has 2 unspecified atom stereocenters. The molecule has 10 heteroatoms. The highest BCUT2D eigenvalue weighted by molar-refractivity contribution is 7.90. The Balaban J connectivity index is 2.04. The normalized spacial score (nSPS) is 18.6. The van der Waals surface area contributed by atoms with Crippen molar-refractivity contribution in [3.05, 3.63) is 41.5 Å². The van der Waals surface area contributed by atoms with Crippen molar-refractivity contribution in [3.63, 3.8) is 0 Å². The number of pyridine rings is 1. The number of anilines is 3. The van der Waals surface area contributed by atoms with Gasteiger partial charge in [0.2, 0.25) is 0 Å². The van der Waals surface area contributed by atoms with Crippen LogP contribution in [-0.2, 0) is 14.6 Å². The molecule has 2 atom stereocenters. The fraction of sp³-hybridized carbons (Fsp3) is 0.381. The summed E-state index contributed by atoms with van der Waals surface area (Å²) in [4.78, 5) is 17.0. The van der Waals surface area contributed by atoms with Gasteiger partial charge in [-0.1, -0.05) is 18.9 Å². The van der Waals surface area contributed by atoms with Gasteiger partial charge < -0.3 is 21.1 Å². The van der Waals surface area contributed by atoms with Crippen molar-refractivity contribution >= 4 is 33.1 Å². The van der Waals surface area contributed by atoms with Gasteiger partial charge in [-0.15, -0.1) is 0 Å². The highest BCUT2D eigenvalue weighted by Gasteiger charge is 2.25. The van der Waals surface area contributed by atoms with Crippen molar-refractivity contribution in [3.8, 4) is 6.07 Å². The molecule has 1 heterocycles. The molecule has 0 saturated heterocycles. The average Bonchev–Trinajstić information content (AvgIpc) is 2.74. The first-order valence-corrected chi connectivity index (χ1v) is 11.7. The van der Waals surface area contributed by atoms with Crippen molar-refractivity contribution in [1.29, 1.82) is 5.26 Å². The molecule has 1 aromatic carbocycles. The predicted molar refractivity (Wildman–Crippen MR) is 117 cm³/mol. The molecule has 164 valence electrons. The second-order valence-corrected chi connectivity index (χ2v) is 9.52. The van der Waals surface area contributed by atoms with E-state index in [2.05, 4.69) is 15.6 Å². The minimum absolute atomic E-state index is 0.00168. The average molecular weight is 444 g/mol. The van der Waals surface area contributed by atoms with Crippen LogP contribution < -0.4 is 16.4 Å². The Labute approximate surface area is 181 Å². The van der Waals surface area contributed by atoms with E-state index in [1.165, 1.54) is 25.3 Å². The van der Waals surface area contributed by atoms with Crippen LogP contribution in [0.1, 0.15) is 41.6 Å². The van der Waals surface area contributed by atoms with Gasteiger partial charge in [-0.2, -0.15) is 5.26 Å². The molecule has 0 bridgehead atoms. The van der Waals surface area contributed by atoms with Crippen LogP contribution in [0.3, 0.4) is 0 Å². The molecule has 3 rings (SSSR count). The van der Waals surface area contributed by atoms with E-state index in [0.717, 1.165) is 31.9 Å². The second kappa shape index (κ2) is 9.32. The number of esters is 1. The van der Waals surface area contributed by atoms with E-state index in [1.54, 1.807) is 12.1 Å². The molecular formula is C21H25N5O4S. The summed E-state index contributed by atoms with van der Waals surface area (Å²) in [5, 5.41) is 15.9. The standard InChI is InChI=1S/C21H25N5O4S/c1-30-21(27)19-13(12-22)10-18(25-17-9-4-3-8-16(17)23)26-20(19)24-14-6-5-7-15(11-14)31(2,28)29/h5-7,10-11,16-17H,3-4,8-9,23H2,1-2H3,(H2,24,25,26). The third-order valence-corrected chi connectivity index (χ3v) is 6.32. The molecule has 0 radical (unpaired) electrons. The van der Waals surface area contributed by atoms with E-state index in [0.29, 0.717) is 11.5 Å². The Morgan fingerprint density at radius 3 is 2.68 bits per heavy atom. The van der Waals surface area contributed by atoms with Crippen LogP contribution in [0.2, 0.25) is 0 Å². The Morgan fingerprint density at radius 2 is 2.03 bits per heavy atom. The molecule has 1 fully saturated rings. The second-order valence-electron chi connectivity index (χ2n) is 7.51. The number of methoxy groups -OCH3 is 1. The van der Waals surface area contributed by atoms with E-state index >= 15 is 0 Å². The maximum absolute atomic E-state index is 12.4. The van der Waals surface area contributed by atoms with Crippen molar-refractivity contribution in [2.45, 2.75) is 42.7 Å². The molecule has 0 aliphatic heterocycles. The lowest BCUT2D eigenvalue weighted by Gasteiger charge is -2.30. The monoisotopic (exact) mass is 443 g/mol. The zero-order valence-electron chi connectivity index (χ0n) is 17.4. The SMILES string of the molecule is COC(=O)c1c(C#N)cc(NC2CCCCC2N)nc1Nc1cccc(S(C)(=O)=O)c1. The molecule has 31 heavy (non-hydrogen) atoms. The molecular weight excluding hydrogens is 418 g/mol. The number of nitrogens with zero attached hydrogens (tertiary/aromatic N) is 2. The zero-order valence-corrected chi connectivity index (χ0v) is 18.2. The van der Waals surface area contributed by atoms with Gasteiger partial charge in [0.15, 0.2) is 9.84 Å². The first kappa shape index (κ1) is 22.5. The molecule has 1 aromatic heterocycles. The Hall–Kier alpha value is -3.16. The molecule has 2 aromatic rings. The van der Waals surface area contributed by atoms with Gasteiger partial charge in [0.25, 0.3) is 0 Å². The van der Waals surface area contributed by atoms with Crippen molar-refractivity contribution in [2.24, 2.45) is 5.73 Å². The van der Waals surface area contributed by atoms with Crippen LogP contribution in [-0.4, -0.2) is 44.8 Å². The van der Waals surface area contributed by atoms with Crippen LogP contribution in [0, 0.1) is 11.3 Å². The fourth-order valence-electron chi connectivity index (χ4n) is 3.58. The summed E-state index contributed by atoms with van der Waals surface area (Å²) in [6, 6.07) is 9.58. The van der Waals surface area contributed by atoms with Crippen LogP contribution >= 0.6 is 0 Å². The summed E-state index contributed by atoms with van der Waals surface area (Å²) >= 11 is 0. The molecule has 0 spiro atoms. The van der Waals surface area contributed by atoms with E-state index in [9.17, 15) is 18.5 Å². The summed E-state index contributed by atoms with van der Waals surface area (Å²) in [5.74, 6) is -0.247. The Morgan fingerprint density at radius 1 is 1.29 bits per heavy atom. The van der Waals surface area contributed by atoms with Crippen LogP contribution in [0.25, 0.3) is 0 Å². The third kappa shape index (κ3) is 5.31. The topological polar surface area (TPSA) is 147 Å². The number of carbonyl (C=O) groups excluding carboxylic acids is 1. The molecule has 4 N–H and O–H groups in total. The number of nitrogens with two attached hydrogens (primary N) is 1. The number of ether oxygens (including phenoxy) is 1. The maximum atomic E-state index is 12.4. The van der Waals surface area contributed by atoms with Crippen LogP contribution in [0.5, 0.6) is 0 Å². The summed E-state index contributed by atoms with van der Waals surface area (Å²) in [6.07, 6.45) is 4.99. The summed E-state index contributed by atoms with van der Waals surface area (Å²) < 4.78 is 28.6. The number of hydrogen-bond acceptors (Lipinski definition) is 9. The maximum Gasteiger partial charge on any atom is 0.343 e. The van der Waals surface area contributed by atoms with Crippen LogP contribution in [0.15, 0.2) is 35.2 Å². The van der Waals surface area contributed by atoms with Crippen LogP contribution in [0.4, 0.5) is 17.3 Å². The largest absolute Gasteiger partial charge is 0.465 e. The number of nitrogens with one attached hydrogen (secondary N) is 2. The lowest BCUT2D eigenvalue weighted by atomic mass is 9.91. The number of aromatic nitrogens is 1. The van der Waals surface area contributed by atoms with Gasteiger partial charge in [0, 0.05) is 24.0 Å². The lowest BCUT2D eigenvalue weighted by Crippen LogP contribution is -2.42. The smallest absolute Gasteiger partial charge is 0.343 e. The Bertz CT molecular complexity index is 1130. The number of hydrogen-bond donors (Lipinski definition) is 3. The first-order valence-electron chi connectivity index (χ1n) is 9.85. The number of nitriles is 1. The summed E-state index contributed by atoms with van der Waals surface area (Å²) in [6.45, 7) is 0. The molecule has 1 aliphatic rings. The highest BCUT2D eigenvalue weighted by Crippen LogP contribution is 2.28. The van der Waals surface area contributed by atoms with E-state index in [-0.39, 0.29) is 33.9 Å². The third-order valence-electron chi connectivity index (χ3n) is 5.21. The van der Waals surface area contributed by atoms with Gasteiger partial charge in [0.1, 0.15) is 23.3 Å². The van der Waals surface area contributed by atoms with Crippen molar-refractivity contribution < 1.29 is 17.9 Å². The van der Waals surface area contributed by atoms with Gasteiger partial charge in [-0.05, 0) is 37.1 Å². The molecule has 0 amide bonds. The number of benzene rings is 1. The van der Waals surface area contributed by atoms with Gasteiger partial charge in [-0.3, -0.25) is 0 Å². The van der Waals surface area contributed by atoms with E-state index < -0.39 is 15.8 Å². The molecule has 9 nitrogen and oxygen atoms in total.